The molecule has 0 spiro atoms. The van der Waals surface area contributed by atoms with Crippen LogP contribution in [0.3, 0.4) is 0 Å². The molecule has 0 saturated heterocycles. The number of hydrogen-bond acceptors (Lipinski definition) is 6. The van der Waals surface area contributed by atoms with Gasteiger partial charge in [-0.15, -0.1) is 0 Å². The number of oxazole rings is 1. The summed E-state index contributed by atoms with van der Waals surface area (Å²) in [6, 6.07) is 6.73. The van der Waals surface area contributed by atoms with E-state index in [4.69, 9.17) is 9.15 Å². The highest BCUT2D eigenvalue weighted by Gasteiger charge is 2.29. The summed E-state index contributed by atoms with van der Waals surface area (Å²) >= 11 is 0. The lowest BCUT2D eigenvalue weighted by molar-refractivity contribution is 0.0594. The van der Waals surface area contributed by atoms with Crippen molar-refractivity contribution in [1.29, 1.82) is 0 Å². The first-order chi connectivity index (χ1) is 12.2. The van der Waals surface area contributed by atoms with Crippen LogP contribution in [0.1, 0.15) is 37.2 Å². The Hall–Kier alpha value is -3.03. The number of methoxy groups -OCH3 is 2. The van der Waals surface area contributed by atoms with Crippen molar-refractivity contribution in [3.8, 4) is 5.75 Å². The molecule has 8 heteroatoms. The molecule has 1 aromatic carbocycles. The average Bonchev–Trinajstić information content (AvgIpc) is 3.06. The fraction of sp³-hybridized carbons (Fsp3) is 0.389. The minimum Gasteiger partial charge on any atom is -0.497 e. The second kappa shape index (κ2) is 7.90. The summed E-state index contributed by atoms with van der Waals surface area (Å²) in [5, 5.41) is 2.83. The van der Waals surface area contributed by atoms with E-state index in [9.17, 15) is 9.59 Å². The zero-order valence-corrected chi connectivity index (χ0v) is 15.5. The molecule has 0 aliphatic heterocycles. The number of ether oxygens (including phenoxy) is 2. The van der Waals surface area contributed by atoms with Gasteiger partial charge in [-0.1, -0.05) is 6.07 Å². The first-order valence-electron chi connectivity index (χ1n) is 8.00. The first-order valence-corrected chi connectivity index (χ1v) is 8.00. The maximum absolute atomic E-state index is 12.8. The van der Waals surface area contributed by atoms with Gasteiger partial charge in [0.1, 0.15) is 12.0 Å². The third kappa shape index (κ3) is 4.75. The Labute approximate surface area is 152 Å². The van der Waals surface area contributed by atoms with Crippen LogP contribution in [0.2, 0.25) is 0 Å². The lowest BCUT2D eigenvalue weighted by Gasteiger charge is -2.34. The molecule has 8 nitrogen and oxygen atoms in total. The van der Waals surface area contributed by atoms with Gasteiger partial charge in [0.05, 0.1) is 20.8 Å². The summed E-state index contributed by atoms with van der Waals surface area (Å²) < 4.78 is 15.1. The smallest absolute Gasteiger partial charge is 0.360 e. The van der Waals surface area contributed by atoms with E-state index in [1.165, 1.54) is 13.4 Å². The summed E-state index contributed by atoms with van der Waals surface area (Å²) in [6.45, 7) is 5.77. The van der Waals surface area contributed by atoms with Crippen molar-refractivity contribution in [3.63, 3.8) is 0 Å². The van der Waals surface area contributed by atoms with E-state index in [1.54, 1.807) is 36.3 Å². The summed E-state index contributed by atoms with van der Waals surface area (Å²) in [5.41, 5.74) is 0.152. The number of amides is 2. The summed E-state index contributed by atoms with van der Waals surface area (Å²) in [7, 11) is 2.82. The Morgan fingerprint density at radius 3 is 2.62 bits per heavy atom. The number of benzene rings is 1. The molecule has 0 bridgehead atoms. The quantitative estimate of drug-likeness (QED) is 0.821. The molecule has 0 fully saturated rings. The second-order valence-corrected chi connectivity index (χ2v) is 6.54. The van der Waals surface area contributed by atoms with E-state index in [0.29, 0.717) is 11.4 Å². The maximum Gasteiger partial charge on any atom is 0.360 e. The molecular weight excluding hydrogens is 338 g/mol. The standard InChI is InChI=1S/C18H23N3O5/c1-18(2,3)21(10-15-20-14(11-26-15)16(22)25-5)17(23)19-12-7-6-8-13(9-12)24-4/h6-9,11H,10H2,1-5H3,(H,19,23). The molecule has 140 valence electrons. The molecular formula is C18H23N3O5. The van der Waals surface area contributed by atoms with Crippen LogP contribution in [0.15, 0.2) is 34.9 Å². The SMILES string of the molecule is COC(=O)c1coc(CN(C(=O)Nc2cccc(OC)c2)C(C)(C)C)n1. The van der Waals surface area contributed by atoms with Gasteiger partial charge in [0, 0.05) is 17.3 Å². The summed E-state index contributed by atoms with van der Waals surface area (Å²) in [6.07, 6.45) is 1.21. The highest BCUT2D eigenvalue weighted by molar-refractivity contribution is 5.90. The summed E-state index contributed by atoms with van der Waals surface area (Å²) in [5.74, 6) is 0.282. The van der Waals surface area contributed by atoms with Gasteiger partial charge in [-0.25, -0.2) is 14.6 Å². The van der Waals surface area contributed by atoms with E-state index in [-0.39, 0.29) is 24.2 Å². The average molecular weight is 361 g/mol. The van der Waals surface area contributed by atoms with Crippen LogP contribution in [-0.2, 0) is 11.3 Å². The minimum absolute atomic E-state index is 0.0598. The number of hydrogen-bond donors (Lipinski definition) is 1. The molecule has 1 N–H and O–H groups in total. The van der Waals surface area contributed by atoms with Crippen LogP contribution in [0, 0.1) is 0 Å². The molecule has 0 aliphatic rings. The van der Waals surface area contributed by atoms with Crippen LogP contribution >= 0.6 is 0 Å². The Balaban J connectivity index is 2.17. The number of nitrogens with one attached hydrogen (secondary N) is 1. The zero-order valence-electron chi connectivity index (χ0n) is 15.5. The number of nitrogens with zero attached hydrogens (tertiary/aromatic N) is 2. The van der Waals surface area contributed by atoms with E-state index in [1.807, 2.05) is 20.8 Å². The Kier molecular flexibility index (Phi) is 5.86. The maximum atomic E-state index is 12.8. The number of carbonyl (C=O) groups excluding carboxylic acids is 2. The number of anilines is 1. The van der Waals surface area contributed by atoms with Crippen molar-refractivity contribution in [1.82, 2.24) is 9.88 Å². The monoisotopic (exact) mass is 361 g/mol. The largest absolute Gasteiger partial charge is 0.497 e. The fourth-order valence-corrected chi connectivity index (χ4v) is 2.22. The topological polar surface area (TPSA) is 93.9 Å². The van der Waals surface area contributed by atoms with Crippen molar-refractivity contribution in [2.45, 2.75) is 32.9 Å². The van der Waals surface area contributed by atoms with E-state index in [2.05, 4.69) is 15.0 Å². The van der Waals surface area contributed by atoms with Gasteiger partial charge >= 0.3 is 12.0 Å². The molecule has 0 aliphatic carbocycles. The van der Waals surface area contributed by atoms with Gasteiger partial charge in [0.25, 0.3) is 0 Å². The number of esters is 1. The van der Waals surface area contributed by atoms with Gasteiger partial charge in [-0.3, -0.25) is 0 Å². The number of carbonyl (C=O) groups is 2. The Morgan fingerprint density at radius 2 is 2.00 bits per heavy atom. The first kappa shape index (κ1) is 19.3. The lowest BCUT2D eigenvalue weighted by atomic mass is 10.1. The third-order valence-corrected chi connectivity index (χ3v) is 3.62. The molecule has 26 heavy (non-hydrogen) atoms. The molecule has 0 atom stereocenters. The second-order valence-electron chi connectivity index (χ2n) is 6.54. The minimum atomic E-state index is -0.594. The molecule has 0 unspecified atom stereocenters. The van der Waals surface area contributed by atoms with Crippen LogP contribution in [-0.4, -0.2) is 41.6 Å². The van der Waals surface area contributed by atoms with E-state index < -0.39 is 11.5 Å². The highest BCUT2D eigenvalue weighted by atomic mass is 16.5. The molecule has 2 aromatic rings. The Bertz CT molecular complexity index is 779. The van der Waals surface area contributed by atoms with Crippen LogP contribution < -0.4 is 10.1 Å². The molecule has 2 amide bonds. The van der Waals surface area contributed by atoms with Gasteiger partial charge in [-0.05, 0) is 32.9 Å². The number of rotatable bonds is 5. The van der Waals surface area contributed by atoms with Crippen molar-refractivity contribution in [2.24, 2.45) is 0 Å². The van der Waals surface area contributed by atoms with E-state index in [0.717, 1.165) is 0 Å². The van der Waals surface area contributed by atoms with Crippen molar-refractivity contribution >= 4 is 17.7 Å². The van der Waals surface area contributed by atoms with Gasteiger partial charge in [0.15, 0.2) is 5.69 Å². The zero-order chi connectivity index (χ0) is 19.3. The predicted molar refractivity (Wildman–Crippen MR) is 95.2 cm³/mol. The van der Waals surface area contributed by atoms with Crippen LogP contribution in [0.5, 0.6) is 5.75 Å². The van der Waals surface area contributed by atoms with Crippen LogP contribution in [0.25, 0.3) is 0 Å². The normalized spacial score (nSPS) is 11.0. The lowest BCUT2D eigenvalue weighted by Crippen LogP contribution is -2.47. The highest BCUT2D eigenvalue weighted by Crippen LogP contribution is 2.21. The van der Waals surface area contributed by atoms with Crippen LogP contribution in [0.4, 0.5) is 10.5 Å². The fourth-order valence-electron chi connectivity index (χ4n) is 2.22. The molecule has 1 aromatic heterocycles. The van der Waals surface area contributed by atoms with E-state index >= 15 is 0 Å². The number of aromatic nitrogens is 1. The molecule has 2 rings (SSSR count). The molecule has 1 heterocycles. The third-order valence-electron chi connectivity index (χ3n) is 3.62. The van der Waals surface area contributed by atoms with Gasteiger partial charge in [-0.2, -0.15) is 0 Å². The molecule has 0 saturated carbocycles. The number of urea groups is 1. The molecule has 0 radical (unpaired) electrons. The van der Waals surface area contributed by atoms with Crippen molar-refractivity contribution in [3.05, 3.63) is 42.1 Å². The van der Waals surface area contributed by atoms with Gasteiger partial charge < -0.3 is 24.1 Å². The van der Waals surface area contributed by atoms with Gasteiger partial charge in [0.2, 0.25) is 5.89 Å². The summed E-state index contributed by atoms with van der Waals surface area (Å²) in [4.78, 5) is 29.9. The Morgan fingerprint density at radius 1 is 1.27 bits per heavy atom. The van der Waals surface area contributed by atoms with Crippen molar-refractivity contribution < 1.29 is 23.5 Å². The van der Waals surface area contributed by atoms with Crippen molar-refractivity contribution in [2.75, 3.05) is 19.5 Å². The predicted octanol–water partition coefficient (Wildman–Crippen LogP) is 3.30.